The average Bonchev–Trinajstić information content (AvgIpc) is 2.77. The van der Waals surface area contributed by atoms with E-state index in [0.717, 1.165) is 37.6 Å². The van der Waals surface area contributed by atoms with Crippen molar-refractivity contribution in [1.29, 1.82) is 0 Å². The summed E-state index contributed by atoms with van der Waals surface area (Å²) >= 11 is 0. The van der Waals surface area contributed by atoms with Crippen molar-refractivity contribution in [2.24, 2.45) is 4.99 Å². The third kappa shape index (κ3) is 7.47. The van der Waals surface area contributed by atoms with Gasteiger partial charge in [0.25, 0.3) is 0 Å². The highest BCUT2D eigenvalue weighted by atomic mass is 127. The molecule has 1 aromatic carbocycles. The summed E-state index contributed by atoms with van der Waals surface area (Å²) in [6, 6.07) is 15.4. The maximum Gasteiger partial charge on any atom is 0.191 e. The zero-order valence-corrected chi connectivity index (χ0v) is 19.6. The molecule has 1 aliphatic rings. The van der Waals surface area contributed by atoms with Gasteiger partial charge in [0.2, 0.25) is 0 Å². The number of ether oxygens (including phenoxy) is 1. The molecule has 1 unspecified atom stereocenters. The van der Waals surface area contributed by atoms with Crippen LogP contribution in [0.25, 0.3) is 0 Å². The quantitative estimate of drug-likeness (QED) is 0.259. The van der Waals surface area contributed by atoms with Crippen molar-refractivity contribution < 1.29 is 4.74 Å². The summed E-state index contributed by atoms with van der Waals surface area (Å²) in [6.45, 7) is 5.74. The highest BCUT2D eigenvalue weighted by Crippen LogP contribution is 2.23. The normalized spacial score (nSPS) is 16.6. The number of nitrogens with zero attached hydrogens (tertiary/aromatic N) is 3. The molecular weight excluding hydrogens is 477 g/mol. The first-order valence-electron chi connectivity index (χ1n) is 10.1. The van der Waals surface area contributed by atoms with Gasteiger partial charge in [-0.1, -0.05) is 30.3 Å². The van der Waals surface area contributed by atoms with E-state index in [4.69, 9.17) is 4.74 Å². The summed E-state index contributed by atoms with van der Waals surface area (Å²) in [5, 5.41) is 6.87. The van der Waals surface area contributed by atoms with Crippen molar-refractivity contribution in [2.45, 2.75) is 31.8 Å². The number of guanidine groups is 1. The van der Waals surface area contributed by atoms with Crippen LogP contribution in [0.1, 0.15) is 31.4 Å². The second-order valence-electron chi connectivity index (χ2n) is 7.08. The van der Waals surface area contributed by atoms with Crippen molar-refractivity contribution in [1.82, 2.24) is 20.5 Å². The number of benzene rings is 1. The number of aliphatic imine (C=N–C) groups is 1. The topological polar surface area (TPSA) is 61.8 Å². The number of hydrogen-bond acceptors (Lipinski definition) is 4. The molecule has 1 atom stereocenters. The smallest absolute Gasteiger partial charge is 0.191 e. The van der Waals surface area contributed by atoms with Crippen LogP contribution in [0.5, 0.6) is 5.75 Å². The first kappa shape index (κ1) is 23.4. The molecule has 7 heteroatoms. The summed E-state index contributed by atoms with van der Waals surface area (Å²) in [4.78, 5) is 10.9. The van der Waals surface area contributed by atoms with Gasteiger partial charge in [0, 0.05) is 38.4 Å². The lowest BCUT2D eigenvalue weighted by Crippen LogP contribution is -2.49. The Labute approximate surface area is 191 Å². The maximum absolute atomic E-state index is 5.66. The van der Waals surface area contributed by atoms with Crippen LogP contribution in [0.2, 0.25) is 0 Å². The molecule has 0 amide bonds. The molecule has 0 aliphatic carbocycles. The number of halogens is 1. The van der Waals surface area contributed by atoms with E-state index >= 15 is 0 Å². The predicted molar refractivity (Wildman–Crippen MR) is 129 cm³/mol. The number of likely N-dealkylation sites (tertiary alicyclic amines) is 1. The van der Waals surface area contributed by atoms with Crippen LogP contribution in [-0.2, 0) is 0 Å². The Morgan fingerprint density at radius 2 is 1.97 bits per heavy atom. The maximum atomic E-state index is 5.66. The Kier molecular flexibility index (Phi) is 10.2. The van der Waals surface area contributed by atoms with Crippen LogP contribution < -0.4 is 15.4 Å². The second-order valence-corrected chi connectivity index (χ2v) is 7.08. The van der Waals surface area contributed by atoms with E-state index in [2.05, 4.69) is 62.8 Å². The fourth-order valence-corrected chi connectivity index (χ4v) is 3.53. The molecule has 29 heavy (non-hydrogen) atoms. The number of piperidine rings is 1. The minimum Gasteiger partial charge on any atom is -0.490 e. The van der Waals surface area contributed by atoms with E-state index in [1.54, 1.807) is 12.4 Å². The Morgan fingerprint density at radius 3 is 2.62 bits per heavy atom. The summed E-state index contributed by atoms with van der Waals surface area (Å²) in [5.74, 6) is 1.62. The monoisotopic (exact) mass is 509 g/mol. The summed E-state index contributed by atoms with van der Waals surface area (Å²) in [7, 11) is 1.81. The van der Waals surface area contributed by atoms with E-state index in [9.17, 15) is 0 Å². The van der Waals surface area contributed by atoms with Gasteiger partial charge in [-0.2, -0.15) is 0 Å². The Hall–Kier alpha value is -1.87. The van der Waals surface area contributed by atoms with Crippen LogP contribution in [0.15, 0.2) is 59.9 Å². The molecule has 1 aliphatic heterocycles. The standard InChI is InChI=1S/C22H31N5O.HI/c1-18(19-7-4-3-5-8-19)27-14-10-20(11-15-27)26-22(23-2)25-13-16-28-21-9-6-12-24-17-21;/h3-9,12,17-18,20H,10-11,13-16H2,1-2H3,(H2,23,25,26);1H. The van der Waals surface area contributed by atoms with E-state index < -0.39 is 0 Å². The summed E-state index contributed by atoms with van der Waals surface area (Å²) < 4.78 is 5.66. The molecule has 1 saturated heterocycles. The number of nitrogens with one attached hydrogen (secondary N) is 2. The Balaban J connectivity index is 0.00000300. The van der Waals surface area contributed by atoms with Crippen LogP contribution in [-0.4, -0.2) is 55.2 Å². The SMILES string of the molecule is CN=C(NCCOc1cccnc1)NC1CCN(C(C)c2ccccc2)CC1.I. The lowest BCUT2D eigenvalue weighted by Gasteiger charge is -2.37. The van der Waals surface area contributed by atoms with Crippen molar-refractivity contribution in [2.75, 3.05) is 33.3 Å². The van der Waals surface area contributed by atoms with Crippen molar-refractivity contribution in [3.63, 3.8) is 0 Å². The minimum atomic E-state index is 0. The van der Waals surface area contributed by atoms with Gasteiger partial charge in [-0.3, -0.25) is 14.9 Å². The Bertz CT molecular complexity index is 720. The van der Waals surface area contributed by atoms with Gasteiger partial charge in [0.1, 0.15) is 12.4 Å². The molecule has 0 bridgehead atoms. The van der Waals surface area contributed by atoms with Gasteiger partial charge in [-0.05, 0) is 37.5 Å². The first-order valence-corrected chi connectivity index (χ1v) is 10.1. The lowest BCUT2D eigenvalue weighted by atomic mass is 10.0. The largest absolute Gasteiger partial charge is 0.490 e. The first-order chi connectivity index (χ1) is 13.8. The van der Waals surface area contributed by atoms with E-state index in [1.165, 1.54) is 5.56 Å². The molecule has 1 fully saturated rings. The highest BCUT2D eigenvalue weighted by molar-refractivity contribution is 14.0. The molecule has 0 radical (unpaired) electrons. The Morgan fingerprint density at radius 1 is 1.21 bits per heavy atom. The molecule has 0 saturated carbocycles. The van der Waals surface area contributed by atoms with Gasteiger partial charge in [-0.15, -0.1) is 24.0 Å². The molecule has 3 rings (SSSR count). The van der Waals surface area contributed by atoms with E-state index in [-0.39, 0.29) is 24.0 Å². The highest BCUT2D eigenvalue weighted by Gasteiger charge is 2.23. The van der Waals surface area contributed by atoms with E-state index in [1.807, 2.05) is 19.2 Å². The predicted octanol–water partition coefficient (Wildman–Crippen LogP) is 3.47. The number of aromatic nitrogens is 1. The van der Waals surface area contributed by atoms with Crippen LogP contribution in [0, 0.1) is 0 Å². The molecular formula is C22H32IN5O. The fourth-order valence-electron chi connectivity index (χ4n) is 3.53. The van der Waals surface area contributed by atoms with Crippen LogP contribution in [0.4, 0.5) is 0 Å². The van der Waals surface area contributed by atoms with Gasteiger partial charge in [-0.25, -0.2) is 0 Å². The van der Waals surface area contributed by atoms with Gasteiger partial charge in [0.05, 0.1) is 12.7 Å². The number of rotatable bonds is 7. The summed E-state index contributed by atoms with van der Waals surface area (Å²) in [5.41, 5.74) is 1.39. The van der Waals surface area contributed by atoms with E-state index in [0.29, 0.717) is 25.2 Å². The number of hydrogen-bond donors (Lipinski definition) is 2. The van der Waals surface area contributed by atoms with Gasteiger partial charge >= 0.3 is 0 Å². The zero-order valence-electron chi connectivity index (χ0n) is 17.3. The fraction of sp³-hybridized carbons (Fsp3) is 0.455. The van der Waals surface area contributed by atoms with Crippen molar-refractivity contribution in [3.8, 4) is 5.75 Å². The lowest BCUT2D eigenvalue weighted by molar-refractivity contribution is 0.158. The molecule has 2 N–H and O–H groups in total. The summed E-state index contributed by atoms with van der Waals surface area (Å²) in [6.07, 6.45) is 5.69. The van der Waals surface area contributed by atoms with Crippen LogP contribution in [0.3, 0.4) is 0 Å². The van der Waals surface area contributed by atoms with Gasteiger partial charge in [0.15, 0.2) is 5.96 Å². The molecule has 1 aromatic heterocycles. The zero-order chi connectivity index (χ0) is 19.6. The molecule has 2 heterocycles. The van der Waals surface area contributed by atoms with Crippen molar-refractivity contribution >= 4 is 29.9 Å². The molecule has 6 nitrogen and oxygen atoms in total. The van der Waals surface area contributed by atoms with Crippen molar-refractivity contribution in [3.05, 3.63) is 60.4 Å². The average molecular weight is 509 g/mol. The second kappa shape index (κ2) is 12.6. The van der Waals surface area contributed by atoms with Crippen LogP contribution >= 0.6 is 24.0 Å². The number of pyridine rings is 1. The third-order valence-corrected chi connectivity index (χ3v) is 5.22. The molecule has 2 aromatic rings. The molecule has 0 spiro atoms. The molecule has 158 valence electrons. The third-order valence-electron chi connectivity index (χ3n) is 5.22. The minimum absolute atomic E-state index is 0. The van der Waals surface area contributed by atoms with Gasteiger partial charge < -0.3 is 15.4 Å².